The summed E-state index contributed by atoms with van der Waals surface area (Å²) in [5.41, 5.74) is 1.33. The van der Waals surface area contributed by atoms with Gasteiger partial charge in [0.2, 0.25) is 0 Å². The van der Waals surface area contributed by atoms with Crippen molar-refractivity contribution in [3.8, 4) is 22.8 Å². The van der Waals surface area contributed by atoms with E-state index >= 15 is 0 Å². The topological polar surface area (TPSA) is 74.1 Å². The van der Waals surface area contributed by atoms with Gasteiger partial charge in [-0.2, -0.15) is 5.10 Å². The molecule has 0 aliphatic carbocycles. The number of ether oxygens (including phenoxy) is 1. The highest BCUT2D eigenvalue weighted by Crippen LogP contribution is 2.27. The van der Waals surface area contributed by atoms with Crippen LogP contribution in [0.5, 0.6) is 5.75 Å². The van der Waals surface area contributed by atoms with E-state index in [-0.39, 0.29) is 4.90 Å². The molecule has 6 nitrogen and oxygen atoms in total. The molecule has 0 N–H and O–H groups in total. The fraction of sp³-hybridized carbons (Fsp3) is 0.300. The molecule has 3 rings (SSSR count). The van der Waals surface area contributed by atoms with E-state index in [0.717, 1.165) is 11.3 Å². The Balaban J connectivity index is 2.21. The summed E-state index contributed by atoms with van der Waals surface area (Å²) in [5, 5.41) is 4.62. The van der Waals surface area contributed by atoms with Crippen LogP contribution in [-0.2, 0) is 16.3 Å². The van der Waals surface area contributed by atoms with Gasteiger partial charge in [0.1, 0.15) is 5.75 Å². The molecule has 0 spiro atoms. The summed E-state index contributed by atoms with van der Waals surface area (Å²) in [5.74, 6) is 2.40. The smallest absolute Gasteiger partial charge is 0.177 e. The van der Waals surface area contributed by atoms with Gasteiger partial charge in [0.25, 0.3) is 0 Å². The van der Waals surface area contributed by atoms with Gasteiger partial charge in [-0.3, -0.25) is 0 Å². The van der Waals surface area contributed by atoms with Crippen LogP contribution in [-0.4, -0.2) is 36.5 Å². The maximum atomic E-state index is 12.3. The number of hydrogen-bond donors (Lipinski definition) is 0. The fourth-order valence-corrected chi connectivity index (χ4v) is 3.71. The third kappa shape index (κ3) is 4.19. The molecule has 0 radical (unpaired) electrons. The van der Waals surface area contributed by atoms with Gasteiger partial charge in [0.15, 0.2) is 21.5 Å². The molecule has 0 unspecified atom stereocenters. The first-order chi connectivity index (χ1) is 12.8. The van der Waals surface area contributed by atoms with Crippen molar-refractivity contribution in [2.75, 3.05) is 13.4 Å². The van der Waals surface area contributed by atoms with Crippen LogP contribution in [0.1, 0.15) is 19.7 Å². The minimum atomic E-state index is -3.41. The standard InChI is InChI=1S/C20H23N3O3S/c1-14(2)13-19-21-20(15-9-11-16(26-3)12-10-15)23(22-19)17-7-5-6-8-18(17)27(4,24)25/h5-12,14H,13H2,1-4H3. The van der Waals surface area contributed by atoms with Crippen molar-refractivity contribution in [2.45, 2.75) is 25.2 Å². The lowest BCUT2D eigenvalue weighted by Gasteiger charge is -2.10. The second-order valence-electron chi connectivity index (χ2n) is 6.83. The van der Waals surface area contributed by atoms with Gasteiger partial charge in [0.05, 0.1) is 17.7 Å². The number of hydrogen-bond acceptors (Lipinski definition) is 5. The van der Waals surface area contributed by atoms with E-state index in [9.17, 15) is 8.42 Å². The molecule has 7 heteroatoms. The minimum absolute atomic E-state index is 0.223. The molecule has 0 aliphatic heterocycles. The quantitative estimate of drug-likeness (QED) is 0.649. The third-order valence-electron chi connectivity index (χ3n) is 4.08. The summed E-state index contributed by atoms with van der Waals surface area (Å²) in [6.45, 7) is 4.19. The molecule has 0 saturated heterocycles. The Bertz CT molecular complexity index is 1040. The molecule has 27 heavy (non-hydrogen) atoms. The van der Waals surface area contributed by atoms with Gasteiger partial charge in [-0.05, 0) is 42.3 Å². The van der Waals surface area contributed by atoms with E-state index < -0.39 is 9.84 Å². The van der Waals surface area contributed by atoms with E-state index in [1.165, 1.54) is 6.26 Å². The Morgan fingerprint density at radius 2 is 1.74 bits per heavy atom. The normalized spacial score (nSPS) is 11.7. The Hall–Kier alpha value is -2.67. The van der Waals surface area contributed by atoms with Crippen LogP contribution in [0.2, 0.25) is 0 Å². The Morgan fingerprint density at radius 1 is 1.07 bits per heavy atom. The largest absolute Gasteiger partial charge is 0.497 e. The van der Waals surface area contributed by atoms with Gasteiger partial charge in [-0.25, -0.2) is 18.1 Å². The molecule has 2 aromatic carbocycles. The lowest BCUT2D eigenvalue weighted by Crippen LogP contribution is -2.08. The van der Waals surface area contributed by atoms with Crippen molar-refractivity contribution in [1.29, 1.82) is 0 Å². The lowest BCUT2D eigenvalue weighted by molar-refractivity contribution is 0.415. The van der Waals surface area contributed by atoms with E-state index in [0.29, 0.717) is 29.7 Å². The van der Waals surface area contributed by atoms with Crippen LogP contribution >= 0.6 is 0 Å². The van der Waals surface area contributed by atoms with Crippen LogP contribution in [0, 0.1) is 5.92 Å². The van der Waals surface area contributed by atoms with Gasteiger partial charge in [-0.15, -0.1) is 0 Å². The summed E-state index contributed by atoms with van der Waals surface area (Å²) < 4.78 is 31.4. The van der Waals surface area contributed by atoms with Crippen LogP contribution in [0.15, 0.2) is 53.4 Å². The van der Waals surface area contributed by atoms with Gasteiger partial charge < -0.3 is 4.74 Å². The van der Waals surface area contributed by atoms with Crippen molar-refractivity contribution in [3.63, 3.8) is 0 Å². The molecule has 0 fully saturated rings. The molecular formula is C20H23N3O3S. The molecule has 0 amide bonds. The zero-order valence-corrected chi connectivity index (χ0v) is 16.7. The van der Waals surface area contributed by atoms with E-state index in [2.05, 4.69) is 18.9 Å². The molecule has 1 aromatic heterocycles. The molecule has 0 atom stereocenters. The summed E-state index contributed by atoms with van der Waals surface area (Å²) in [6.07, 6.45) is 1.90. The number of aromatic nitrogens is 3. The number of methoxy groups -OCH3 is 1. The lowest BCUT2D eigenvalue weighted by atomic mass is 10.1. The molecule has 0 bridgehead atoms. The molecule has 0 aliphatic rings. The summed E-state index contributed by atoms with van der Waals surface area (Å²) in [4.78, 5) is 4.91. The number of sulfone groups is 1. The zero-order chi connectivity index (χ0) is 19.6. The zero-order valence-electron chi connectivity index (χ0n) is 15.9. The molecule has 1 heterocycles. The Kier molecular flexibility index (Phi) is 5.32. The number of nitrogens with zero attached hydrogens (tertiary/aromatic N) is 3. The first-order valence-electron chi connectivity index (χ1n) is 8.69. The van der Waals surface area contributed by atoms with Crippen LogP contribution in [0.3, 0.4) is 0 Å². The molecule has 3 aromatic rings. The van der Waals surface area contributed by atoms with Crippen LogP contribution in [0.25, 0.3) is 17.1 Å². The van der Waals surface area contributed by atoms with Crippen molar-refractivity contribution < 1.29 is 13.2 Å². The Labute approximate surface area is 159 Å². The van der Waals surface area contributed by atoms with Crippen LogP contribution in [0.4, 0.5) is 0 Å². The van der Waals surface area contributed by atoms with Crippen molar-refractivity contribution in [3.05, 3.63) is 54.4 Å². The van der Waals surface area contributed by atoms with Gasteiger partial charge in [-0.1, -0.05) is 26.0 Å². The maximum Gasteiger partial charge on any atom is 0.177 e. The molecular weight excluding hydrogens is 362 g/mol. The summed E-state index contributed by atoms with van der Waals surface area (Å²) in [7, 11) is -1.80. The fourth-order valence-electron chi connectivity index (χ4n) is 2.85. The minimum Gasteiger partial charge on any atom is -0.497 e. The highest BCUT2D eigenvalue weighted by atomic mass is 32.2. The van der Waals surface area contributed by atoms with Crippen molar-refractivity contribution in [1.82, 2.24) is 14.8 Å². The van der Waals surface area contributed by atoms with E-state index in [1.54, 1.807) is 36.1 Å². The SMILES string of the molecule is COc1ccc(-c2nc(CC(C)C)nn2-c2ccccc2S(C)(=O)=O)cc1. The summed E-state index contributed by atoms with van der Waals surface area (Å²) in [6, 6.07) is 14.3. The second kappa shape index (κ2) is 7.52. The van der Waals surface area contributed by atoms with E-state index in [4.69, 9.17) is 9.72 Å². The average Bonchev–Trinajstić information content (AvgIpc) is 3.04. The molecule has 0 saturated carbocycles. The summed E-state index contributed by atoms with van der Waals surface area (Å²) >= 11 is 0. The first kappa shape index (κ1) is 19.1. The highest BCUT2D eigenvalue weighted by molar-refractivity contribution is 7.90. The number of para-hydroxylation sites is 1. The maximum absolute atomic E-state index is 12.3. The van der Waals surface area contributed by atoms with Crippen LogP contribution < -0.4 is 4.74 Å². The van der Waals surface area contributed by atoms with Gasteiger partial charge >= 0.3 is 0 Å². The average molecular weight is 385 g/mol. The second-order valence-corrected chi connectivity index (χ2v) is 8.81. The monoisotopic (exact) mass is 385 g/mol. The van der Waals surface area contributed by atoms with Gasteiger partial charge in [0, 0.05) is 18.2 Å². The predicted molar refractivity (Wildman–Crippen MR) is 105 cm³/mol. The highest BCUT2D eigenvalue weighted by Gasteiger charge is 2.20. The first-order valence-corrected chi connectivity index (χ1v) is 10.6. The predicted octanol–water partition coefficient (Wildman–Crippen LogP) is 3.54. The van der Waals surface area contributed by atoms with Crippen molar-refractivity contribution >= 4 is 9.84 Å². The third-order valence-corrected chi connectivity index (χ3v) is 5.23. The number of rotatable bonds is 6. The number of benzene rings is 2. The Morgan fingerprint density at radius 3 is 2.33 bits per heavy atom. The molecule has 142 valence electrons. The van der Waals surface area contributed by atoms with E-state index in [1.807, 2.05) is 24.3 Å². The van der Waals surface area contributed by atoms with Crippen molar-refractivity contribution in [2.24, 2.45) is 5.92 Å².